The van der Waals surface area contributed by atoms with Gasteiger partial charge in [-0.25, -0.2) is 0 Å². The van der Waals surface area contributed by atoms with Gasteiger partial charge >= 0.3 is 0 Å². The lowest BCUT2D eigenvalue weighted by atomic mass is 10.1. The smallest absolute Gasteiger partial charge is 0.234 e. The number of nitrogens with zero attached hydrogens (tertiary/aromatic N) is 4. The van der Waals surface area contributed by atoms with Gasteiger partial charge in [-0.15, -0.1) is 10.2 Å². The summed E-state index contributed by atoms with van der Waals surface area (Å²) in [5, 5.41) is 14.3. The maximum atomic E-state index is 5.98. The molecule has 0 spiro atoms. The first-order chi connectivity index (χ1) is 9.31. The first-order valence-corrected chi connectivity index (χ1v) is 7.72. The van der Waals surface area contributed by atoms with Gasteiger partial charge in [-0.05, 0) is 32.1 Å². The Morgan fingerprint density at radius 1 is 1.26 bits per heavy atom. The molecule has 19 heavy (non-hydrogen) atoms. The SMILES string of the molecule is N[C@H]1CC[C@@H](c2nn3c(C4CCCO4)nnc3s2)C1. The van der Waals surface area contributed by atoms with Gasteiger partial charge in [0.2, 0.25) is 4.96 Å². The lowest BCUT2D eigenvalue weighted by molar-refractivity contribution is 0.103. The summed E-state index contributed by atoms with van der Waals surface area (Å²) in [5.74, 6) is 1.36. The zero-order chi connectivity index (χ0) is 12.8. The van der Waals surface area contributed by atoms with E-state index in [9.17, 15) is 0 Å². The van der Waals surface area contributed by atoms with E-state index >= 15 is 0 Å². The van der Waals surface area contributed by atoms with Crippen molar-refractivity contribution < 1.29 is 4.74 Å². The fourth-order valence-corrected chi connectivity index (χ4v) is 4.03. The molecule has 102 valence electrons. The Morgan fingerprint density at radius 3 is 2.95 bits per heavy atom. The van der Waals surface area contributed by atoms with Gasteiger partial charge in [0, 0.05) is 18.6 Å². The number of aromatic nitrogens is 4. The molecule has 1 aliphatic heterocycles. The lowest BCUT2D eigenvalue weighted by Gasteiger charge is -2.05. The highest BCUT2D eigenvalue weighted by Gasteiger charge is 2.29. The van der Waals surface area contributed by atoms with E-state index in [2.05, 4.69) is 10.2 Å². The lowest BCUT2D eigenvalue weighted by Crippen LogP contribution is -2.14. The van der Waals surface area contributed by atoms with Crippen LogP contribution in [0.1, 0.15) is 55.0 Å². The third kappa shape index (κ3) is 1.96. The quantitative estimate of drug-likeness (QED) is 0.904. The summed E-state index contributed by atoms with van der Waals surface area (Å²) in [4.78, 5) is 0.876. The van der Waals surface area contributed by atoms with Gasteiger partial charge in [-0.3, -0.25) is 0 Å². The Hall–Kier alpha value is -1.05. The standard InChI is InChI=1S/C12H17N5OS/c13-8-4-3-7(6-8)11-16-17-10(9-2-1-5-18-9)14-15-12(17)19-11/h7-9H,1-6,13H2/t7-,8+,9?/m1/s1. The molecule has 1 saturated heterocycles. The number of fused-ring (bicyclic) bond motifs is 1. The van der Waals surface area contributed by atoms with E-state index in [1.807, 2.05) is 4.52 Å². The summed E-state index contributed by atoms with van der Waals surface area (Å²) in [6.45, 7) is 0.814. The third-order valence-electron chi connectivity index (χ3n) is 4.07. The van der Waals surface area contributed by atoms with Crippen molar-refractivity contribution in [2.75, 3.05) is 6.61 Å². The first kappa shape index (κ1) is 11.7. The van der Waals surface area contributed by atoms with Crippen LogP contribution in [0.15, 0.2) is 0 Å². The Kier molecular flexibility index (Phi) is 2.78. The molecule has 0 radical (unpaired) electrons. The van der Waals surface area contributed by atoms with E-state index in [0.29, 0.717) is 12.0 Å². The van der Waals surface area contributed by atoms with Crippen LogP contribution in [0.4, 0.5) is 0 Å². The summed E-state index contributed by atoms with van der Waals surface area (Å²) < 4.78 is 7.55. The van der Waals surface area contributed by atoms with E-state index in [1.165, 1.54) is 0 Å². The van der Waals surface area contributed by atoms with Gasteiger partial charge in [-0.1, -0.05) is 11.3 Å². The minimum Gasteiger partial charge on any atom is -0.370 e. The summed E-state index contributed by atoms with van der Waals surface area (Å²) in [6.07, 6.45) is 5.45. The fraction of sp³-hybridized carbons (Fsp3) is 0.750. The number of hydrogen-bond acceptors (Lipinski definition) is 6. The Labute approximate surface area is 115 Å². The van der Waals surface area contributed by atoms with Crippen molar-refractivity contribution in [3.63, 3.8) is 0 Å². The van der Waals surface area contributed by atoms with Crippen LogP contribution in [0.2, 0.25) is 0 Å². The summed E-state index contributed by atoms with van der Waals surface area (Å²) in [7, 11) is 0. The molecule has 4 rings (SSSR count). The van der Waals surface area contributed by atoms with Crippen LogP contribution in [0.5, 0.6) is 0 Å². The predicted octanol–water partition coefficient (Wildman–Crippen LogP) is 1.63. The molecular formula is C12H17N5OS. The second-order valence-electron chi connectivity index (χ2n) is 5.46. The van der Waals surface area contributed by atoms with Crippen LogP contribution < -0.4 is 5.73 Å². The molecule has 2 aliphatic rings. The summed E-state index contributed by atoms with van der Waals surface area (Å²) >= 11 is 1.64. The van der Waals surface area contributed by atoms with E-state index in [-0.39, 0.29) is 6.10 Å². The molecule has 6 nitrogen and oxygen atoms in total. The average Bonchev–Trinajstić information content (AvgIpc) is 3.11. The zero-order valence-corrected chi connectivity index (χ0v) is 11.5. The van der Waals surface area contributed by atoms with E-state index in [4.69, 9.17) is 15.6 Å². The van der Waals surface area contributed by atoms with Crippen LogP contribution in [-0.4, -0.2) is 32.5 Å². The van der Waals surface area contributed by atoms with Crippen LogP contribution in [0.25, 0.3) is 4.96 Å². The maximum absolute atomic E-state index is 5.98. The van der Waals surface area contributed by atoms with Crippen molar-refractivity contribution in [1.82, 2.24) is 19.8 Å². The molecule has 1 aliphatic carbocycles. The highest BCUT2D eigenvalue weighted by atomic mass is 32.1. The number of nitrogens with two attached hydrogens (primary N) is 1. The molecule has 0 amide bonds. The maximum Gasteiger partial charge on any atom is 0.234 e. The number of rotatable bonds is 2. The van der Waals surface area contributed by atoms with Crippen molar-refractivity contribution in [3.8, 4) is 0 Å². The minimum atomic E-state index is 0.0655. The van der Waals surface area contributed by atoms with Gasteiger partial charge in [0.25, 0.3) is 0 Å². The molecule has 0 aromatic carbocycles. The van der Waals surface area contributed by atoms with Gasteiger partial charge in [-0.2, -0.15) is 9.61 Å². The molecule has 2 aromatic rings. The van der Waals surface area contributed by atoms with Gasteiger partial charge < -0.3 is 10.5 Å². The monoisotopic (exact) mass is 279 g/mol. The first-order valence-electron chi connectivity index (χ1n) is 6.90. The molecule has 2 aromatic heterocycles. The molecule has 7 heteroatoms. The molecule has 1 saturated carbocycles. The summed E-state index contributed by atoms with van der Waals surface area (Å²) in [5.41, 5.74) is 5.98. The van der Waals surface area contributed by atoms with Crippen molar-refractivity contribution in [1.29, 1.82) is 0 Å². The van der Waals surface area contributed by atoms with Crippen LogP contribution in [0, 0.1) is 0 Å². The second-order valence-corrected chi connectivity index (χ2v) is 6.45. The Bertz CT molecular complexity index is 588. The normalized spacial score (nSPS) is 31.5. The molecule has 2 N–H and O–H groups in total. The molecule has 0 bridgehead atoms. The topological polar surface area (TPSA) is 78.3 Å². The van der Waals surface area contributed by atoms with Crippen molar-refractivity contribution in [2.45, 2.75) is 50.2 Å². The van der Waals surface area contributed by atoms with Crippen LogP contribution >= 0.6 is 11.3 Å². The Morgan fingerprint density at radius 2 is 2.21 bits per heavy atom. The molecule has 3 heterocycles. The zero-order valence-electron chi connectivity index (χ0n) is 10.7. The van der Waals surface area contributed by atoms with Gasteiger partial charge in [0.05, 0.1) is 0 Å². The third-order valence-corrected chi connectivity index (χ3v) is 5.13. The van der Waals surface area contributed by atoms with Gasteiger partial charge in [0.15, 0.2) is 5.82 Å². The number of hydrogen-bond donors (Lipinski definition) is 1. The molecule has 3 atom stereocenters. The average molecular weight is 279 g/mol. The second kappa shape index (κ2) is 4.50. The van der Waals surface area contributed by atoms with E-state index < -0.39 is 0 Å². The molecule has 1 unspecified atom stereocenters. The highest BCUT2D eigenvalue weighted by Crippen LogP contribution is 2.36. The molecule has 2 fully saturated rings. The minimum absolute atomic E-state index is 0.0655. The fourth-order valence-electron chi connectivity index (χ4n) is 3.03. The number of ether oxygens (including phenoxy) is 1. The van der Waals surface area contributed by atoms with Gasteiger partial charge in [0.1, 0.15) is 11.1 Å². The van der Waals surface area contributed by atoms with Crippen molar-refractivity contribution >= 4 is 16.3 Å². The van der Waals surface area contributed by atoms with E-state index in [1.54, 1.807) is 11.3 Å². The molecular weight excluding hydrogens is 262 g/mol. The Balaban J connectivity index is 1.67. The highest BCUT2D eigenvalue weighted by molar-refractivity contribution is 7.16. The van der Waals surface area contributed by atoms with Crippen LogP contribution in [0.3, 0.4) is 0 Å². The van der Waals surface area contributed by atoms with Crippen molar-refractivity contribution in [2.24, 2.45) is 5.73 Å². The van der Waals surface area contributed by atoms with E-state index in [0.717, 1.165) is 54.5 Å². The predicted molar refractivity (Wildman–Crippen MR) is 71.2 cm³/mol. The van der Waals surface area contributed by atoms with Crippen LogP contribution in [-0.2, 0) is 4.74 Å². The van der Waals surface area contributed by atoms with Crippen molar-refractivity contribution in [3.05, 3.63) is 10.8 Å². The summed E-state index contributed by atoms with van der Waals surface area (Å²) in [6, 6.07) is 0.331. The largest absolute Gasteiger partial charge is 0.370 e.